The van der Waals surface area contributed by atoms with Gasteiger partial charge in [-0.3, -0.25) is 0 Å². The normalized spacial score (nSPS) is 10.9. The Kier molecular flexibility index (Phi) is 4.56. The van der Waals surface area contributed by atoms with Crippen molar-refractivity contribution in [1.29, 1.82) is 0 Å². The lowest BCUT2D eigenvalue weighted by Crippen LogP contribution is -1.88. The number of aromatic amines is 1. The minimum Gasteiger partial charge on any atom is -0.358 e. The van der Waals surface area contributed by atoms with Gasteiger partial charge in [0.25, 0.3) is 0 Å². The molecule has 3 rings (SSSR count). The summed E-state index contributed by atoms with van der Waals surface area (Å²) in [6.45, 7) is 2.17. The Morgan fingerprint density at radius 2 is 1.68 bits per heavy atom. The fourth-order valence-electron chi connectivity index (χ4n) is 2.67. The quantitative estimate of drug-likeness (QED) is 0.554. The third-order valence-corrected chi connectivity index (χ3v) is 4.54. The number of rotatable bonds is 4. The predicted molar refractivity (Wildman–Crippen MR) is 95.7 cm³/mol. The second-order valence-electron chi connectivity index (χ2n) is 5.29. The minimum absolute atomic E-state index is 0.587. The van der Waals surface area contributed by atoms with Gasteiger partial charge in [0.2, 0.25) is 0 Å². The lowest BCUT2D eigenvalue weighted by molar-refractivity contribution is 0.895. The maximum atomic E-state index is 6.41. The van der Waals surface area contributed by atoms with Crippen molar-refractivity contribution >= 4 is 23.2 Å². The van der Waals surface area contributed by atoms with Crippen LogP contribution in [0.5, 0.6) is 0 Å². The van der Waals surface area contributed by atoms with Crippen LogP contribution >= 0.6 is 23.2 Å². The molecule has 22 heavy (non-hydrogen) atoms. The van der Waals surface area contributed by atoms with E-state index in [1.807, 2.05) is 36.4 Å². The van der Waals surface area contributed by atoms with E-state index in [9.17, 15) is 0 Å². The van der Waals surface area contributed by atoms with E-state index in [0.717, 1.165) is 29.7 Å². The number of hydrogen-bond acceptors (Lipinski definition) is 0. The first-order valence-corrected chi connectivity index (χ1v) is 8.18. The van der Waals surface area contributed by atoms with Crippen molar-refractivity contribution in [3.05, 3.63) is 70.3 Å². The van der Waals surface area contributed by atoms with Crippen molar-refractivity contribution in [3.8, 4) is 22.4 Å². The van der Waals surface area contributed by atoms with E-state index in [-0.39, 0.29) is 0 Å². The summed E-state index contributed by atoms with van der Waals surface area (Å²) in [7, 11) is 0. The molecule has 0 saturated carbocycles. The highest BCUT2D eigenvalue weighted by Crippen LogP contribution is 2.37. The van der Waals surface area contributed by atoms with E-state index in [4.69, 9.17) is 23.2 Å². The Bertz CT molecular complexity index is 775. The van der Waals surface area contributed by atoms with Crippen LogP contribution in [0.25, 0.3) is 22.4 Å². The van der Waals surface area contributed by atoms with E-state index in [1.165, 1.54) is 11.3 Å². The molecule has 2 aromatic carbocycles. The molecule has 0 spiro atoms. The van der Waals surface area contributed by atoms with E-state index >= 15 is 0 Å². The molecule has 0 bridgehead atoms. The van der Waals surface area contributed by atoms with Crippen molar-refractivity contribution in [3.63, 3.8) is 0 Å². The molecule has 3 aromatic rings. The highest BCUT2D eigenvalue weighted by molar-refractivity contribution is 6.43. The van der Waals surface area contributed by atoms with E-state index < -0.39 is 0 Å². The molecular formula is C19H17Cl2N. The molecule has 3 heteroatoms. The first-order valence-electron chi connectivity index (χ1n) is 7.42. The Morgan fingerprint density at radius 3 is 2.41 bits per heavy atom. The molecule has 0 unspecified atom stereocenters. The topological polar surface area (TPSA) is 15.8 Å². The average molecular weight is 330 g/mol. The highest BCUT2D eigenvalue weighted by Gasteiger charge is 2.14. The first kappa shape index (κ1) is 15.2. The zero-order chi connectivity index (χ0) is 15.5. The zero-order valence-corrected chi connectivity index (χ0v) is 13.9. The van der Waals surface area contributed by atoms with Gasteiger partial charge >= 0.3 is 0 Å². The second kappa shape index (κ2) is 6.60. The summed E-state index contributed by atoms with van der Waals surface area (Å²) in [5, 5.41) is 1.20. The molecule has 1 heterocycles. The van der Waals surface area contributed by atoms with E-state index in [2.05, 4.69) is 30.1 Å². The molecule has 0 amide bonds. The van der Waals surface area contributed by atoms with Gasteiger partial charge in [-0.15, -0.1) is 0 Å². The lowest BCUT2D eigenvalue weighted by atomic mass is 10.0. The van der Waals surface area contributed by atoms with Crippen LogP contribution in [-0.4, -0.2) is 4.98 Å². The predicted octanol–water partition coefficient (Wildman–Crippen LogP) is 6.61. The highest BCUT2D eigenvalue weighted by atomic mass is 35.5. The van der Waals surface area contributed by atoms with E-state index in [1.54, 1.807) is 0 Å². The third kappa shape index (κ3) is 2.92. The van der Waals surface area contributed by atoms with Gasteiger partial charge in [-0.25, -0.2) is 0 Å². The Balaban J connectivity index is 2.14. The fraction of sp³-hybridized carbons (Fsp3) is 0.158. The summed E-state index contributed by atoms with van der Waals surface area (Å²) in [5.74, 6) is 0. The number of aromatic nitrogens is 1. The molecule has 0 saturated heterocycles. The Morgan fingerprint density at radius 1 is 0.909 bits per heavy atom. The van der Waals surface area contributed by atoms with Gasteiger partial charge in [-0.1, -0.05) is 79.0 Å². The van der Waals surface area contributed by atoms with Crippen molar-refractivity contribution < 1.29 is 0 Å². The van der Waals surface area contributed by atoms with Crippen LogP contribution in [0.4, 0.5) is 0 Å². The number of H-pyrrole nitrogens is 1. The number of benzene rings is 2. The average Bonchev–Trinajstić information content (AvgIpc) is 2.95. The van der Waals surface area contributed by atoms with Crippen LogP contribution in [-0.2, 0) is 6.42 Å². The van der Waals surface area contributed by atoms with Crippen LogP contribution in [0.3, 0.4) is 0 Å². The van der Waals surface area contributed by atoms with Gasteiger partial charge in [0.1, 0.15) is 0 Å². The molecular weight excluding hydrogens is 313 g/mol. The van der Waals surface area contributed by atoms with E-state index in [0.29, 0.717) is 10.0 Å². The molecule has 0 fully saturated rings. The van der Waals surface area contributed by atoms with Crippen molar-refractivity contribution in [2.75, 3.05) is 0 Å². The molecule has 0 aliphatic rings. The Hall–Kier alpha value is -1.70. The molecule has 1 N–H and O–H groups in total. The monoisotopic (exact) mass is 329 g/mol. The van der Waals surface area contributed by atoms with Crippen LogP contribution < -0.4 is 0 Å². The van der Waals surface area contributed by atoms with Gasteiger partial charge in [0.15, 0.2) is 0 Å². The van der Waals surface area contributed by atoms with Crippen LogP contribution in [0.2, 0.25) is 10.0 Å². The lowest BCUT2D eigenvalue weighted by Gasteiger charge is -2.06. The van der Waals surface area contributed by atoms with Gasteiger partial charge in [0, 0.05) is 22.5 Å². The fourth-order valence-corrected chi connectivity index (χ4v) is 3.07. The molecule has 1 aromatic heterocycles. The third-order valence-electron chi connectivity index (χ3n) is 3.73. The molecule has 0 atom stereocenters. The van der Waals surface area contributed by atoms with Crippen molar-refractivity contribution in [2.45, 2.75) is 19.8 Å². The van der Waals surface area contributed by atoms with Gasteiger partial charge in [0.05, 0.1) is 10.0 Å². The van der Waals surface area contributed by atoms with Crippen molar-refractivity contribution in [1.82, 2.24) is 4.98 Å². The number of halogens is 2. The molecule has 0 aliphatic heterocycles. The molecule has 0 radical (unpaired) electrons. The number of nitrogens with one attached hydrogen (secondary N) is 1. The number of aryl methyl sites for hydroxylation is 1. The maximum Gasteiger partial charge on any atom is 0.0671 e. The van der Waals surface area contributed by atoms with Gasteiger partial charge in [-0.2, -0.15) is 0 Å². The van der Waals surface area contributed by atoms with Gasteiger partial charge < -0.3 is 4.98 Å². The standard InChI is InChI=1S/C19H17Cl2N/c1-2-7-17-15(14-10-6-11-16(20)19(14)21)12-18(22-17)13-8-4-3-5-9-13/h3-6,8-12,22H,2,7H2,1H3. The largest absolute Gasteiger partial charge is 0.358 e. The SMILES string of the molecule is CCCc1[nH]c(-c2ccccc2)cc1-c1cccc(Cl)c1Cl. The van der Waals surface area contributed by atoms with Crippen LogP contribution in [0.15, 0.2) is 54.6 Å². The summed E-state index contributed by atoms with van der Waals surface area (Å²) in [4.78, 5) is 3.54. The smallest absolute Gasteiger partial charge is 0.0671 e. The van der Waals surface area contributed by atoms with Gasteiger partial charge in [-0.05, 0) is 24.1 Å². The van der Waals surface area contributed by atoms with Crippen molar-refractivity contribution in [2.24, 2.45) is 0 Å². The maximum absolute atomic E-state index is 6.41. The summed E-state index contributed by atoms with van der Waals surface area (Å²) in [6.07, 6.45) is 2.05. The van der Waals surface area contributed by atoms with Crippen LogP contribution in [0.1, 0.15) is 19.0 Å². The Labute approximate surface area is 140 Å². The zero-order valence-electron chi connectivity index (χ0n) is 12.4. The molecule has 1 nitrogen and oxygen atoms in total. The summed E-state index contributed by atoms with van der Waals surface area (Å²) in [5.41, 5.74) is 5.59. The summed E-state index contributed by atoms with van der Waals surface area (Å²) >= 11 is 12.6. The molecule has 0 aliphatic carbocycles. The number of hydrogen-bond donors (Lipinski definition) is 1. The second-order valence-corrected chi connectivity index (χ2v) is 6.08. The first-order chi connectivity index (χ1) is 10.7. The molecule has 112 valence electrons. The minimum atomic E-state index is 0.587. The van der Waals surface area contributed by atoms with Crippen LogP contribution in [0, 0.1) is 0 Å². The summed E-state index contributed by atoms with van der Waals surface area (Å²) in [6, 6.07) is 18.3. The summed E-state index contributed by atoms with van der Waals surface area (Å²) < 4.78 is 0.